The van der Waals surface area contributed by atoms with Crippen LogP contribution in [-0.2, 0) is 10.0 Å². The van der Waals surface area contributed by atoms with Crippen LogP contribution in [0.5, 0.6) is 0 Å². The molecule has 1 aliphatic rings. The Morgan fingerprint density at radius 1 is 1.07 bits per heavy atom. The molecular weight excluding hydrogens is 384 g/mol. The van der Waals surface area contributed by atoms with Crippen molar-refractivity contribution in [2.75, 3.05) is 18.4 Å². The lowest BCUT2D eigenvalue weighted by atomic mass is 9.94. The van der Waals surface area contributed by atoms with Crippen LogP contribution >= 0.6 is 11.6 Å². The molecule has 2 aromatic rings. The van der Waals surface area contributed by atoms with Gasteiger partial charge in [0.15, 0.2) is 0 Å². The van der Waals surface area contributed by atoms with Crippen LogP contribution in [0.15, 0.2) is 53.4 Å². The highest BCUT2D eigenvalue weighted by molar-refractivity contribution is 7.89. The van der Waals surface area contributed by atoms with Crippen LogP contribution in [0.25, 0.3) is 0 Å². The van der Waals surface area contributed by atoms with E-state index in [4.69, 9.17) is 11.6 Å². The summed E-state index contributed by atoms with van der Waals surface area (Å²) in [5, 5.41) is 3.23. The third kappa shape index (κ3) is 4.69. The van der Waals surface area contributed by atoms with Gasteiger partial charge in [-0.3, -0.25) is 4.79 Å². The van der Waals surface area contributed by atoms with Crippen molar-refractivity contribution in [3.8, 4) is 0 Å². The monoisotopic (exact) mass is 406 g/mol. The zero-order valence-corrected chi connectivity index (χ0v) is 16.9. The molecule has 7 heteroatoms. The molecule has 0 aromatic heterocycles. The fraction of sp³-hybridized carbons (Fsp3) is 0.350. The average molecular weight is 407 g/mol. The summed E-state index contributed by atoms with van der Waals surface area (Å²) in [5.74, 6) is 0.395. The standard InChI is InChI=1S/C20H23ClN2O3S/c1-14-10-15(2)13-23(12-14)27(25,26)19-8-6-18(7-9-19)22-20(24)16-4-3-5-17(21)11-16/h3-9,11,14-15H,10,12-13H2,1-2H3,(H,22,24)/t14-,15+. The molecule has 144 valence electrons. The summed E-state index contributed by atoms with van der Waals surface area (Å²) in [7, 11) is -3.53. The fourth-order valence-corrected chi connectivity index (χ4v) is 5.36. The number of rotatable bonds is 4. The number of benzene rings is 2. The minimum atomic E-state index is -3.53. The molecule has 0 aliphatic carbocycles. The van der Waals surface area contributed by atoms with E-state index in [1.165, 1.54) is 12.1 Å². The maximum Gasteiger partial charge on any atom is 0.255 e. The molecule has 0 radical (unpaired) electrons. The molecule has 1 fully saturated rings. The van der Waals surface area contributed by atoms with Gasteiger partial charge < -0.3 is 5.32 Å². The summed E-state index contributed by atoms with van der Waals surface area (Å²) < 4.78 is 27.4. The van der Waals surface area contributed by atoms with Crippen LogP contribution in [-0.4, -0.2) is 31.7 Å². The van der Waals surface area contributed by atoms with Crippen molar-refractivity contribution < 1.29 is 13.2 Å². The van der Waals surface area contributed by atoms with Crippen molar-refractivity contribution in [3.05, 3.63) is 59.1 Å². The Labute approximate surface area is 165 Å². The number of nitrogens with one attached hydrogen (secondary N) is 1. The molecule has 3 rings (SSSR count). The normalized spacial score (nSPS) is 21.0. The van der Waals surface area contributed by atoms with E-state index in [0.29, 0.717) is 41.2 Å². The van der Waals surface area contributed by atoms with Gasteiger partial charge in [0.2, 0.25) is 10.0 Å². The number of hydrogen-bond acceptors (Lipinski definition) is 3. The van der Waals surface area contributed by atoms with Gasteiger partial charge in [-0.2, -0.15) is 4.31 Å². The quantitative estimate of drug-likeness (QED) is 0.824. The molecule has 5 nitrogen and oxygen atoms in total. The second-order valence-corrected chi connectivity index (χ2v) is 9.63. The highest BCUT2D eigenvalue weighted by atomic mass is 35.5. The maximum absolute atomic E-state index is 12.9. The number of carbonyl (C=O) groups excluding carboxylic acids is 1. The lowest BCUT2D eigenvalue weighted by molar-refractivity contribution is 0.102. The zero-order valence-electron chi connectivity index (χ0n) is 15.4. The second-order valence-electron chi connectivity index (χ2n) is 7.26. The number of carbonyl (C=O) groups is 1. The van der Waals surface area contributed by atoms with Crippen LogP contribution in [0.1, 0.15) is 30.6 Å². The lowest BCUT2D eigenvalue weighted by Crippen LogP contribution is -2.42. The number of piperidine rings is 1. The van der Waals surface area contributed by atoms with Crippen LogP contribution < -0.4 is 5.32 Å². The smallest absolute Gasteiger partial charge is 0.255 e. The first-order valence-corrected chi connectivity index (χ1v) is 10.7. The van der Waals surface area contributed by atoms with Gasteiger partial charge in [0.05, 0.1) is 4.90 Å². The Morgan fingerprint density at radius 2 is 1.70 bits per heavy atom. The molecule has 1 amide bonds. The van der Waals surface area contributed by atoms with E-state index in [0.717, 1.165) is 6.42 Å². The molecule has 0 unspecified atom stereocenters. The third-order valence-corrected chi connectivity index (χ3v) is 6.75. The van der Waals surface area contributed by atoms with E-state index in [1.54, 1.807) is 40.7 Å². The van der Waals surface area contributed by atoms with E-state index < -0.39 is 10.0 Å². The van der Waals surface area contributed by atoms with Gasteiger partial charge in [0.1, 0.15) is 0 Å². The molecule has 1 aliphatic heterocycles. The van der Waals surface area contributed by atoms with Crippen molar-refractivity contribution in [2.45, 2.75) is 25.2 Å². The Kier molecular flexibility index (Phi) is 5.89. The van der Waals surface area contributed by atoms with Gasteiger partial charge in [0, 0.05) is 29.4 Å². The fourth-order valence-electron chi connectivity index (χ4n) is 3.49. The molecule has 27 heavy (non-hydrogen) atoms. The minimum absolute atomic E-state index is 0.240. The summed E-state index contributed by atoms with van der Waals surface area (Å²) >= 11 is 5.91. The summed E-state index contributed by atoms with van der Waals surface area (Å²) in [6, 6.07) is 12.9. The number of anilines is 1. The van der Waals surface area contributed by atoms with Crippen molar-refractivity contribution in [3.63, 3.8) is 0 Å². The van der Waals surface area contributed by atoms with E-state index in [-0.39, 0.29) is 10.8 Å². The third-order valence-electron chi connectivity index (χ3n) is 4.67. The summed E-state index contributed by atoms with van der Waals surface area (Å²) in [4.78, 5) is 12.5. The zero-order chi connectivity index (χ0) is 19.6. The molecule has 2 aromatic carbocycles. The summed E-state index contributed by atoms with van der Waals surface area (Å²) in [5.41, 5.74) is 0.967. The Morgan fingerprint density at radius 3 is 2.30 bits per heavy atom. The predicted molar refractivity (Wildman–Crippen MR) is 108 cm³/mol. The van der Waals surface area contributed by atoms with Crippen LogP contribution in [0.2, 0.25) is 5.02 Å². The summed E-state index contributed by atoms with van der Waals surface area (Å²) in [6.07, 6.45) is 1.04. The maximum atomic E-state index is 12.9. The van der Waals surface area contributed by atoms with E-state index in [9.17, 15) is 13.2 Å². The Balaban J connectivity index is 1.74. The van der Waals surface area contributed by atoms with Gasteiger partial charge in [-0.25, -0.2) is 8.42 Å². The van der Waals surface area contributed by atoms with E-state index in [1.807, 2.05) is 0 Å². The Bertz CT molecular complexity index is 918. The average Bonchev–Trinajstić information content (AvgIpc) is 2.61. The predicted octanol–water partition coefficient (Wildman–Crippen LogP) is 4.26. The first kappa shape index (κ1) is 19.9. The minimum Gasteiger partial charge on any atom is -0.322 e. The van der Waals surface area contributed by atoms with Crippen molar-refractivity contribution in [1.29, 1.82) is 0 Å². The van der Waals surface area contributed by atoms with Crippen LogP contribution in [0, 0.1) is 11.8 Å². The first-order chi connectivity index (χ1) is 12.8. The van der Waals surface area contributed by atoms with Gasteiger partial charge in [-0.15, -0.1) is 0 Å². The van der Waals surface area contributed by atoms with E-state index >= 15 is 0 Å². The van der Waals surface area contributed by atoms with Gasteiger partial charge in [-0.1, -0.05) is 31.5 Å². The van der Waals surface area contributed by atoms with Gasteiger partial charge >= 0.3 is 0 Å². The highest BCUT2D eigenvalue weighted by Gasteiger charge is 2.31. The number of nitrogens with zero attached hydrogens (tertiary/aromatic N) is 1. The SMILES string of the molecule is C[C@@H]1C[C@H](C)CN(S(=O)(=O)c2ccc(NC(=O)c3cccc(Cl)c3)cc2)C1. The molecule has 1 heterocycles. The van der Waals surface area contributed by atoms with Crippen molar-refractivity contribution in [1.82, 2.24) is 4.31 Å². The highest BCUT2D eigenvalue weighted by Crippen LogP contribution is 2.27. The molecule has 2 atom stereocenters. The lowest BCUT2D eigenvalue weighted by Gasteiger charge is -2.34. The topological polar surface area (TPSA) is 66.5 Å². The molecule has 1 N–H and O–H groups in total. The molecule has 1 saturated heterocycles. The largest absolute Gasteiger partial charge is 0.322 e. The molecule has 0 spiro atoms. The van der Waals surface area contributed by atoms with Crippen molar-refractivity contribution in [2.24, 2.45) is 11.8 Å². The van der Waals surface area contributed by atoms with Crippen LogP contribution in [0.4, 0.5) is 5.69 Å². The second kappa shape index (κ2) is 8.00. The van der Waals surface area contributed by atoms with E-state index in [2.05, 4.69) is 19.2 Å². The number of amides is 1. The number of halogens is 1. The molecule has 0 saturated carbocycles. The van der Waals surface area contributed by atoms with Crippen LogP contribution in [0.3, 0.4) is 0 Å². The first-order valence-electron chi connectivity index (χ1n) is 8.93. The van der Waals surface area contributed by atoms with Crippen molar-refractivity contribution >= 4 is 33.2 Å². The number of hydrogen-bond donors (Lipinski definition) is 1. The molecule has 0 bridgehead atoms. The molecular formula is C20H23ClN2O3S. The van der Waals surface area contributed by atoms with Gasteiger partial charge in [-0.05, 0) is 60.7 Å². The summed E-state index contributed by atoms with van der Waals surface area (Å²) in [6.45, 7) is 5.24. The van der Waals surface area contributed by atoms with Gasteiger partial charge in [0.25, 0.3) is 5.91 Å². The Hall–Kier alpha value is -1.89. The number of sulfonamides is 1.